The standard InChI is InChI=1S/C21H26FNO4S/c1-5-16(4)23(21(24)18-9-7-10-19(22)13-18)14-17-8-6-11-20(12-17)27-28(25,26)15(2)3/h6-13,15-16H,5,14H2,1-4H3/t16-/m0/s1. The van der Waals surface area contributed by atoms with E-state index < -0.39 is 21.2 Å². The molecule has 1 amide bonds. The zero-order chi connectivity index (χ0) is 20.9. The van der Waals surface area contributed by atoms with Gasteiger partial charge < -0.3 is 9.08 Å². The highest BCUT2D eigenvalue weighted by molar-refractivity contribution is 7.87. The Morgan fingerprint density at radius 3 is 2.39 bits per heavy atom. The number of amides is 1. The number of carbonyl (C=O) groups excluding carboxylic acids is 1. The number of benzene rings is 2. The van der Waals surface area contributed by atoms with Crippen molar-refractivity contribution >= 4 is 16.0 Å². The predicted octanol–water partition coefficient (Wildman–Crippen LogP) is 4.38. The molecule has 0 unspecified atom stereocenters. The van der Waals surface area contributed by atoms with Crippen molar-refractivity contribution < 1.29 is 21.8 Å². The van der Waals surface area contributed by atoms with Gasteiger partial charge >= 0.3 is 10.1 Å². The molecule has 0 spiro atoms. The van der Waals surface area contributed by atoms with Crippen LogP contribution in [-0.2, 0) is 16.7 Å². The maximum atomic E-state index is 13.5. The highest BCUT2D eigenvalue weighted by Gasteiger charge is 2.22. The largest absolute Gasteiger partial charge is 0.382 e. The molecular formula is C21H26FNO4S. The van der Waals surface area contributed by atoms with Crippen LogP contribution in [0.4, 0.5) is 4.39 Å². The average Bonchev–Trinajstić information content (AvgIpc) is 2.64. The van der Waals surface area contributed by atoms with Crippen LogP contribution in [0.3, 0.4) is 0 Å². The van der Waals surface area contributed by atoms with Crippen molar-refractivity contribution in [2.45, 2.75) is 52.0 Å². The van der Waals surface area contributed by atoms with E-state index >= 15 is 0 Å². The van der Waals surface area contributed by atoms with Crippen LogP contribution in [0.2, 0.25) is 0 Å². The Morgan fingerprint density at radius 1 is 1.11 bits per heavy atom. The summed E-state index contributed by atoms with van der Waals surface area (Å²) in [6.45, 7) is 7.22. The van der Waals surface area contributed by atoms with Gasteiger partial charge in [0.05, 0.1) is 5.25 Å². The van der Waals surface area contributed by atoms with Gasteiger partial charge in [0.15, 0.2) is 0 Å². The second kappa shape index (κ2) is 9.19. The van der Waals surface area contributed by atoms with E-state index in [4.69, 9.17) is 4.18 Å². The van der Waals surface area contributed by atoms with Crippen LogP contribution in [-0.4, -0.2) is 30.5 Å². The lowest BCUT2D eigenvalue weighted by atomic mass is 10.1. The van der Waals surface area contributed by atoms with E-state index in [1.807, 2.05) is 13.8 Å². The van der Waals surface area contributed by atoms with E-state index in [1.54, 1.807) is 49.1 Å². The molecule has 0 aliphatic heterocycles. The van der Waals surface area contributed by atoms with Crippen molar-refractivity contribution in [1.29, 1.82) is 0 Å². The molecule has 0 N–H and O–H groups in total. The Hall–Kier alpha value is -2.41. The molecule has 28 heavy (non-hydrogen) atoms. The molecular weight excluding hydrogens is 381 g/mol. The summed E-state index contributed by atoms with van der Waals surface area (Å²) >= 11 is 0. The van der Waals surface area contributed by atoms with Crippen LogP contribution in [0.25, 0.3) is 0 Å². The number of hydrogen-bond acceptors (Lipinski definition) is 4. The third kappa shape index (κ3) is 5.55. The summed E-state index contributed by atoms with van der Waals surface area (Å²) < 4.78 is 42.7. The SMILES string of the molecule is CC[C@H](C)N(Cc1cccc(OS(=O)(=O)C(C)C)c1)C(=O)c1cccc(F)c1. The minimum Gasteiger partial charge on any atom is -0.382 e. The lowest BCUT2D eigenvalue weighted by Crippen LogP contribution is -2.37. The number of rotatable bonds is 8. The third-order valence-corrected chi connectivity index (χ3v) is 6.08. The Kier molecular flexibility index (Phi) is 7.18. The number of hydrogen-bond donors (Lipinski definition) is 0. The van der Waals surface area contributed by atoms with Crippen molar-refractivity contribution in [2.24, 2.45) is 0 Å². The molecule has 0 bridgehead atoms. The van der Waals surface area contributed by atoms with Gasteiger partial charge in [-0.05, 0) is 63.1 Å². The number of nitrogens with zero attached hydrogens (tertiary/aromatic N) is 1. The van der Waals surface area contributed by atoms with E-state index in [9.17, 15) is 17.6 Å². The van der Waals surface area contributed by atoms with Gasteiger partial charge in [0, 0.05) is 18.2 Å². The highest BCUT2D eigenvalue weighted by Crippen LogP contribution is 2.21. The van der Waals surface area contributed by atoms with Crippen LogP contribution in [0.5, 0.6) is 5.75 Å². The van der Waals surface area contributed by atoms with Crippen LogP contribution >= 0.6 is 0 Å². The van der Waals surface area contributed by atoms with E-state index in [-0.39, 0.29) is 29.8 Å². The fourth-order valence-electron chi connectivity index (χ4n) is 2.56. The van der Waals surface area contributed by atoms with Crippen LogP contribution in [0.1, 0.15) is 50.0 Å². The van der Waals surface area contributed by atoms with Crippen molar-refractivity contribution in [3.8, 4) is 5.75 Å². The zero-order valence-electron chi connectivity index (χ0n) is 16.6. The smallest absolute Gasteiger partial charge is 0.311 e. The molecule has 7 heteroatoms. The molecule has 0 aromatic heterocycles. The van der Waals surface area contributed by atoms with E-state index in [2.05, 4.69) is 0 Å². The average molecular weight is 408 g/mol. The second-order valence-electron chi connectivity index (χ2n) is 6.97. The third-order valence-electron chi connectivity index (χ3n) is 4.50. The first-order valence-electron chi connectivity index (χ1n) is 9.22. The van der Waals surface area contributed by atoms with Crippen molar-refractivity contribution in [2.75, 3.05) is 0 Å². The van der Waals surface area contributed by atoms with Crippen LogP contribution in [0, 0.1) is 5.82 Å². The lowest BCUT2D eigenvalue weighted by Gasteiger charge is -2.29. The summed E-state index contributed by atoms with van der Waals surface area (Å²) in [7, 11) is -3.70. The first-order chi connectivity index (χ1) is 13.1. The Bertz CT molecular complexity index is 928. The minimum absolute atomic E-state index is 0.0836. The molecule has 5 nitrogen and oxygen atoms in total. The molecule has 1 atom stereocenters. The predicted molar refractivity (Wildman–Crippen MR) is 107 cm³/mol. The van der Waals surface area contributed by atoms with E-state index in [0.29, 0.717) is 0 Å². The van der Waals surface area contributed by atoms with Crippen molar-refractivity contribution in [1.82, 2.24) is 4.90 Å². The summed E-state index contributed by atoms with van der Waals surface area (Å²) in [5, 5.41) is -0.665. The van der Waals surface area contributed by atoms with Gasteiger partial charge in [-0.25, -0.2) is 4.39 Å². The summed E-state index contributed by atoms with van der Waals surface area (Å²) in [5.41, 5.74) is 0.997. The van der Waals surface area contributed by atoms with Crippen LogP contribution < -0.4 is 4.18 Å². The Labute approximate surface area is 166 Å². The van der Waals surface area contributed by atoms with Gasteiger partial charge in [-0.15, -0.1) is 0 Å². The molecule has 152 valence electrons. The van der Waals surface area contributed by atoms with Crippen LogP contribution in [0.15, 0.2) is 48.5 Å². The first kappa shape index (κ1) is 21.9. The lowest BCUT2D eigenvalue weighted by molar-refractivity contribution is 0.0671. The maximum absolute atomic E-state index is 13.5. The molecule has 0 saturated carbocycles. The fraction of sp³-hybridized carbons (Fsp3) is 0.381. The van der Waals surface area contributed by atoms with Gasteiger partial charge in [-0.3, -0.25) is 4.79 Å². The zero-order valence-corrected chi connectivity index (χ0v) is 17.4. The molecule has 2 aromatic rings. The normalized spacial score (nSPS) is 12.6. The van der Waals surface area contributed by atoms with Gasteiger partial charge in [0.1, 0.15) is 11.6 Å². The Balaban J connectivity index is 2.28. The molecule has 0 heterocycles. The molecule has 0 fully saturated rings. The second-order valence-corrected chi connectivity index (χ2v) is 9.07. The van der Waals surface area contributed by atoms with Crippen molar-refractivity contribution in [3.63, 3.8) is 0 Å². The summed E-state index contributed by atoms with van der Waals surface area (Å²) in [5.74, 6) is -0.548. The minimum atomic E-state index is -3.70. The van der Waals surface area contributed by atoms with Gasteiger partial charge in [-0.1, -0.05) is 25.1 Å². The quantitative estimate of drug-likeness (QED) is 0.609. The van der Waals surface area contributed by atoms with E-state index in [0.717, 1.165) is 12.0 Å². The fourth-order valence-corrected chi connectivity index (χ4v) is 3.12. The number of carbonyl (C=O) groups is 1. The van der Waals surface area contributed by atoms with Gasteiger partial charge in [0.2, 0.25) is 0 Å². The van der Waals surface area contributed by atoms with Gasteiger partial charge in [0.25, 0.3) is 5.91 Å². The number of halogens is 1. The first-order valence-corrected chi connectivity index (χ1v) is 10.7. The molecule has 0 aliphatic rings. The molecule has 0 aliphatic carbocycles. The summed E-state index contributed by atoms with van der Waals surface area (Å²) in [6, 6.07) is 12.1. The molecule has 2 rings (SSSR count). The van der Waals surface area contributed by atoms with Crippen molar-refractivity contribution in [3.05, 3.63) is 65.5 Å². The highest BCUT2D eigenvalue weighted by atomic mass is 32.2. The molecule has 2 aromatic carbocycles. The summed E-state index contributed by atoms with van der Waals surface area (Å²) in [4.78, 5) is 14.6. The molecule has 0 radical (unpaired) electrons. The molecule has 0 saturated heterocycles. The van der Waals surface area contributed by atoms with Gasteiger partial charge in [-0.2, -0.15) is 8.42 Å². The summed E-state index contributed by atoms with van der Waals surface area (Å²) in [6.07, 6.45) is 0.721. The topological polar surface area (TPSA) is 63.7 Å². The van der Waals surface area contributed by atoms with E-state index in [1.165, 1.54) is 18.2 Å². The maximum Gasteiger partial charge on any atom is 0.311 e. The Morgan fingerprint density at radius 2 is 1.79 bits per heavy atom. The monoisotopic (exact) mass is 407 g/mol.